The van der Waals surface area contributed by atoms with E-state index >= 15 is 0 Å². The Morgan fingerprint density at radius 2 is 2.00 bits per heavy atom. The van der Waals surface area contributed by atoms with Gasteiger partial charge in [-0.05, 0) is 55.9 Å². The lowest BCUT2D eigenvalue weighted by molar-refractivity contribution is 0.110. The first kappa shape index (κ1) is 14.9. The Bertz CT molecular complexity index is 466. The molecule has 1 saturated heterocycles. The fourth-order valence-corrected chi connectivity index (χ4v) is 2.56. The maximum atomic E-state index is 12.2. The molecule has 0 atom stereocenters. The lowest BCUT2D eigenvalue weighted by Crippen LogP contribution is -2.41. The summed E-state index contributed by atoms with van der Waals surface area (Å²) in [7, 11) is 1.73. The fourth-order valence-electron chi connectivity index (χ4n) is 2.56. The third kappa shape index (κ3) is 3.73. The van der Waals surface area contributed by atoms with Crippen molar-refractivity contribution in [2.75, 3.05) is 32.1 Å². The van der Waals surface area contributed by atoms with E-state index in [1.54, 1.807) is 7.11 Å². The second-order valence-electron chi connectivity index (χ2n) is 5.61. The molecule has 2 rings (SSSR count). The molecular weight excluding hydrogens is 252 g/mol. The summed E-state index contributed by atoms with van der Waals surface area (Å²) in [4.78, 5) is 14.1. The summed E-state index contributed by atoms with van der Waals surface area (Å²) in [5.41, 5.74) is 3.31. The molecule has 0 saturated carbocycles. The second kappa shape index (κ2) is 6.75. The maximum absolute atomic E-state index is 12.2. The molecular formula is C16H24N2O2. The Hall–Kier alpha value is -1.55. The van der Waals surface area contributed by atoms with Gasteiger partial charge in [0, 0.05) is 32.5 Å². The number of hydrogen-bond acceptors (Lipinski definition) is 2. The molecule has 2 amide bonds. The summed E-state index contributed by atoms with van der Waals surface area (Å²) in [6.45, 7) is 6.55. The van der Waals surface area contributed by atoms with Crippen LogP contribution in [-0.2, 0) is 4.74 Å². The molecule has 4 heteroatoms. The molecule has 0 spiro atoms. The average Bonchev–Trinajstić information content (AvgIpc) is 2.44. The first-order valence-electron chi connectivity index (χ1n) is 7.22. The molecule has 1 aliphatic heterocycles. The molecule has 1 heterocycles. The molecule has 4 nitrogen and oxygen atoms in total. The van der Waals surface area contributed by atoms with E-state index in [2.05, 4.69) is 19.2 Å². The normalized spacial score (nSPS) is 16.2. The van der Waals surface area contributed by atoms with E-state index in [9.17, 15) is 4.79 Å². The van der Waals surface area contributed by atoms with Gasteiger partial charge in [-0.1, -0.05) is 6.07 Å². The van der Waals surface area contributed by atoms with Gasteiger partial charge in [0.1, 0.15) is 0 Å². The van der Waals surface area contributed by atoms with Crippen molar-refractivity contribution in [2.45, 2.75) is 26.7 Å². The van der Waals surface area contributed by atoms with E-state index < -0.39 is 0 Å². The number of likely N-dealkylation sites (tertiary alicyclic amines) is 1. The number of nitrogens with one attached hydrogen (secondary N) is 1. The third-order valence-corrected chi connectivity index (χ3v) is 4.06. The molecule has 20 heavy (non-hydrogen) atoms. The number of aryl methyl sites for hydroxylation is 2. The number of hydrogen-bond donors (Lipinski definition) is 1. The van der Waals surface area contributed by atoms with Gasteiger partial charge >= 0.3 is 6.03 Å². The molecule has 1 fully saturated rings. The van der Waals surface area contributed by atoms with Crippen LogP contribution < -0.4 is 5.32 Å². The van der Waals surface area contributed by atoms with Crippen LogP contribution in [0.5, 0.6) is 0 Å². The summed E-state index contributed by atoms with van der Waals surface area (Å²) in [6, 6.07) is 6.02. The van der Waals surface area contributed by atoms with Crippen molar-refractivity contribution in [2.24, 2.45) is 5.92 Å². The first-order chi connectivity index (χ1) is 9.60. The van der Waals surface area contributed by atoms with Crippen LogP contribution in [0.3, 0.4) is 0 Å². The zero-order chi connectivity index (χ0) is 14.5. The Morgan fingerprint density at radius 3 is 2.60 bits per heavy atom. The standard InChI is InChI=1S/C16H24N2O2/c1-12-4-5-15(10-13(12)2)17-16(19)18-8-6-14(7-9-18)11-20-3/h4-5,10,14H,6-9,11H2,1-3H3,(H,17,19). The van der Waals surface area contributed by atoms with Gasteiger partial charge in [0.15, 0.2) is 0 Å². The lowest BCUT2D eigenvalue weighted by atomic mass is 9.98. The first-order valence-corrected chi connectivity index (χ1v) is 7.22. The van der Waals surface area contributed by atoms with Crippen molar-refractivity contribution in [3.63, 3.8) is 0 Å². The summed E-state index contributed by atoms with van der Waals surface area (Å²) >= 11 is 0. The maximum Gasteiger partial charge on any atom is 0.321 e. The van der Waals surface area contributed by atoms with Crippen LogP contribution in [0.1, 0.15) is 24.0 Å². The van der Waals surface area contributed by atoms with Gasteiger partial charge in [-0.2, -0.15) is 0 Å². The lowest BCUT2D eigenvalue weighted by Gasteiger charge is -2.31. The Balaban J connectivity index is 1.88. The van der Waals surface area contributed by atoms with Crippen LogP contribution in [0.15, 0.2) is 18.2 Å². The van der Waals surface area contributed by atoms with Crippen molar-refractivity contribution < 1.29 is 9.53 Å². The number of urea groups is 1. The summed E-state index contributed by atoms with van der Waals surface area (Å²) in [6.07, 6.45) is 2.04. The molecule has 1 N–H and O–H groups in total. The minimum atomic E-state index is 0.00381. The zero-order valence-electron chi connectivity index (χ0n) is 12.6. The molecule has 0 radical (unpaired) electrons. The number of methoxy groups -OCH3 is 1. The van der Waals surface area contributed by atoms with Crippen molar-refractivity contribution >= 4 is 11.7 Å². The molecule has 1 aromatic carbocycles. The summed E-state index contributed by atoms with van der Waals surface area (Å²) in [5, 5.41) is 2.98. The van der Waals surface area contributed by atoms with Crippen LogP contribution in [0.4, 0.5) is 10.5 Å². The second-order valence-corrected chi connectivity index (χ2v) is 5.61. The van der Waals surface area contributed by atoms with Crippen molar-refractivity contribution in [1.29, 1.82) is 0 Å². The van der Waals surface area contributed by atoms with Crippen molar-refractivity contribution in [1.82, 2.24) is 4.90 Å². The highest BCUT2D eigenvalue weighted by Gasteiger charge is 2.22. The number of anilines is 1. The van der Waals surface area contributed by atoms with Gasteiger partial charge in [0.25, 0.3) is 0 Å². The van der Waals surface area contributed by atoms with Crippen LogP contribution >= 0.6 is 0 Å². The smallest absolute Gasteiger partial charge is 0.321 e. The van der Waals surface area contributed by atoms with E-state index in [-0.39, 0.29) is 6.03 Å². The van der Waals surface area contributed by atoms with E-state index in [0.717, 1.165) is 38.2 Å². The molecule has 0 unspecified atom stereocenters. The Kier molecular flexibility index (Phi) is 5.01. The predicted molar refractivity (Wildman–Crippen MR) is 81.1 cm³/mol. The van der Waals surface area contributed by atoms with E-state index in [1.165, 1.54) is 11.1 Å². The average molecular weight is 276 g/mol. The highest BCUT2D eigenvalue weighted by molar-refractivity contribution is 5.89. The number of piperidine rings is 1. The van der Waals surface area contributed by atoms with Crippen LogP contribution in [0.25, 0.3) is 0 Å². The predicted octanol–water partition coefficient (Wildman–Crippen LogP) is 3.19. The van der Waals surface area contributed by atoms with Gasteiger partial charge in [-0.15, -0.1) is 0 Å². The SMILES string of the molecule is COCC1CCN(C(=O)Nc2ccc(C)c(C)c2)CC1. The number of ether oxygens (including phenoxy) is 1. The summed E-state index contributed by atoms with van der Waals surface area (Å²) < 4.78 is 5.18. The van der Waals surface area contributed by atoms with Crippen molar-refractivity contribution in [3.8, 4) is 0 Å². The zero-order valence-corrected chi connectivity index (χ0v) is 12.6. The number of carbonyl (C=O) groups is 1. The minimum absolute atomic E-state index is 0.00381. The van der Waals surface area contributed by atoms with Crippen LogP contribution in [0, 0.1) is 19.8 Å². The Morgan fingerprint density at radius 1 is 1.30 bits per heavy atom. The van der Waals surface area contributed by atoms with Gasteiger partial charge in [-0.3, -0.25) is 0 Å². The minimum Gasteiger partial charge on any atom is -0.384 e. The molecule has 0 bridgehead atoms. The fraction of sp³-hybridized carbons (Fsp3) is 0.562. The van der Waals surface area contributed by atoms with Crippen molar-refractivity contribution in [3.05, 3.63) is 29.3 Å². The topological polar surface area (TPSA) is 41.6 Å². The monoisotopic (exact) mass is 276 g/mol. The molecule has 1 aliphatic rings. The quantitative estimate of drug-likeness (QED) is 0.921. The van der Waals surface area contributed by atoms with Gasteiger partial charge in [0.2, 0.25) is 0 Å². The van der Waals surface area contributed by atoms with E-state index in [1.807, 2.05) is 23.1 Å². The number of carbonyl (C=O) groups excluding carboxylic acids is 1. The van der Waals surface area contributed by atoms with Crippen LogP contribution in [-0.4, -0.2) is 37.7 Å². The van der Waals surface area contributed by atoms with E-state index in [0.29, 0.717) is 5.92 Å². The van der Waals surface area contributed by atoms with Gasteiger partial charge in [0.05, 0.1) is 0 Å². The van der Waals surface area contributed by atoms with Crippen LogP contribution in [0.2, 0.25) is 0 Å². The summed E-state index contributed by atoms with van der Waals surface area (Å²) in [5.74, 6) is 0.589. The number of rotatable bonds is 3. The highest BCUT2D eigenvalue weighted by Crippen LogP contribution is 2.19. The Labute approximate surface area is 121 Å². The molecule has 110 valence electrons. The van der Waals surface area contributed by atoms with Gasteiger partial charge in [-0.25, -0.2) is 4.79 Å². The number of benzene rings is 1. The largest absolute Gasteiger partial charge is 0.384 e. The molecule has 1 aromatic rings. The molecule has 0 aromatic heterocycles. The van der Waals surface area contributed by atoms with E-state index in [4.69, 9.17) is 4.74 Å². The molecule has 0 aliphatic carbocycles. The third-order valence-electron chi connectivity index (χ3n) is 4.06. The van der Waals surface area contributed by atoms with Gasteiger partial charge < -0.3 is 15.0 Å². The number of nitrogens with zero attached hydrogens (tertiary/aromatic N) is 1. The highest BCUT2D eigenvalue weighted by atomic mass is 16.5. The number of amides is 2.